The lowest BCUT2D eigenvalue weighted by atomic mass is 10.2. The van der Waals surface area contributed by atoms with Crippen molar-refractivity contribution < 1.29 is 13.2 Å². The van der Waals surface area contributed by atoms with E-state index in [1.807, 2.05) is 0 Å². The maximum absolute atomic E-state index is 12.7. The average molecular weight is 434 g/mol. The highest BCUT2D eigenvalue weighted by molar-refractivity contribution is 7.89. The molecule has 0 aliphatic carbocycles. The molecule has 26 heavy (non-hydrogen) atoms. The molecule has 1 aliphatic heterocycles. The lowest BCUT2D eigenvalue weighted by Crippen LogP contribution is -2.28. The minimum Gasteiger partial charge on any atom is -0.319 e. The van der Waals surface area contributed by atoms with Crippen LogP contribution in [0.2, 0.25) is 15.1 Å². The van der Waals surface area contributed by atoms with Gasteiger partial charge in [0.2, 0.25) is 10.0 Å². The van der Waals surface area contributed by atoms with Gasteiger partial charge in [0, 0.05) is 13.1 Å². The minimum atomic E-state index is -3.66. The largest absolute Gasteiger partial charge is 0.319 e. The number of nitrogens with zero attached hydrogens (tertiary/aromatic N) is 1. The number of hydrogen-bond acceptors (Lipinski definition) is 3. The van der Waals surface area contributed by atoms with E-state index >= 15 is 0 Å². The molecule has 9 heteroatoms. The van der Waals surface area contributed by atoms with Crippen molar-refractivity contribution in [3.05, 3.63) is 57.0 Å². The number of rotatable bonds is 4. The second-order valence-electron chi connectivity index (χ2n) is 5.80. The van der Waals surface area contributed by atoms with Crippen LogP contribution < -0.4 is 5.32 Å². The van der Waals surface area contributed by atoms with Crippen LogP contribution in [-0.4, -0.2) is 31.7 Å². The zero-order valence-electron chi connectivity index (χ0n) is 13.5. The SMILES string of the molecule is O=C(Nc1c(Cl)cccc1Cl)c1cc(S(=O)(=O)N2CCCC2)ccc1Cl. The van der Waals surface area contributed by atoms with E-state index in [9.17, 15) is 13.2 Å². The van der Waals surface area contributed by atoms with Gasteiger partial charge < -0.3 is 5.32 Å². The van der Waals surface area contributed by atoms with Gasteiger partial charge in [0.1, 0.15) is 0 Å². The molecule has 1 aliphatic rings. The molecule has 1 N–H and O–H groups in total. The summed E-state index contributed by atoms with van der Waals surface area (Å²) in [6.07, 6.45) is 1.65. The Bertz CT molecular complexity index is 937. The Hall–Kier alpha value is -1.31. The fourth-order valence-electron chi connectivity index (χ4n) is 2.71. The normalized spacial score (nSPS) is 15.2. The van der Waals surface area contributed by atoms with Gasteiger partial charge in [-0.1, -0.05) is 40.9 Å². The smallest absolute Gasteiger partial charge is 0.257 e. The molecule has 2 aromatic rings. The lowest BCUT2D eigenvalue weighted by Gasteiger charge is -2.16. The Kier molecular flexibility index (Phi) is 5.79. The highest BCUT2D eigenvalue weighted by Crippen LogP contribution is 2.31. The molecule has 0 atom stereocenters. The van der Waals surface area contributed by atoms with Gasteiger partial charge in [-0.2, -0.15) is 4.31 Å². The molecule has 2 aromatic carbocycles. The minimum absolute atomic E-state index is 0.0270. The van der Waals surface area contributed by atoms with Crippen molar-refractivity contribution in [3.8, 4) is 0 Å². The first kappa shape index (κ1) is 19.5. The number of sulfonamides is 1. The van der Waals surface area contributed by atoms with E-state index in [4.69, 9.17) is 34.8 Å². The van der Waals surface area contributed by atoms with E-state index in [-0.39, 0.29) is 31.2 Å². The van der Waals surface area contributed by atoms with Gasteiger partial charge >= 0.3 is 0 Å². The summed E-state index contributed by atoms with van der Waals surface area (Å²) < 4.78 is 26.8. The Labute approximate surface area is 166 Å². The van der Waals surface area contributed by atoms with Crippen molar-refractivity contribution in [2.75, 3.05) is 18.4 Å². The molecular weight excluding hydrogens is 419 g/mol. The van der Waals surface area contributed by atoms with E-state index in [1.165, 1.54) is 22.5 Å². The fraction of sp³-hybridized carbons (Fsp3) is 0.235. The zero-order valence-corrected chi connectivity index (χ0v) is 16.6. The van der Waals surface area contributed by atoms with E-state index < -0.39 is 15.9 Å². The van der Waals surface area contributed by atoms with Crippen molar-refractivity contribution in [2.45, 2.75) is 17.7 Å². The molecule has 1 saturated heterocycles. The standard InChI is InChI=1S/C17H15Cl3N2O3S/c18-13-7-6-11(26(24,25)22-8-1-2-9-22)10-12(13)17(23)21-16-14(19)4-3-5-15(16)20/h3-7,10H,1-2,8-9H2,(H,21,23). The maximum atomic E-state index is 12.7. The van der Waals surface area contributed by atoms with Gasteiger partial charge in [-0.3, -0.25) is 4.79 Å². The van der Waals surface area contributed by atoms with Gasteiger partial charge in [-0.05, 0) is 43.2 Å². The van der Waals surface area contributed by atoms with Crippen LogP contribution in [0.25, 0.3) is 0 Å². The molecule has 5 nitrogen and oxygen atoms in total. The first-order valence-corrected chi connectivity index (χ1v) is 10.4. The summed E-state index contributed by atoms with van der Waals surface area (Å²) in [5.74, 6) is -0.594. The summed E-state index contributed by atoms with van der Waals surface area (Å²) >= 11 is 18.2. The molecule has 1 amide bonds. The van der Waals surface area contributed by atoms with E-state index in [0.29, 0.717) is 13.1 Å². The molecule has 0 bridgehead atoms. The van der Waals surface area contributed by atoms with Crippen LogP contribution in [0.15, 0.2) is 41.3 Å². The molecule has 3 rings (SSSR count). The molecule has 0 spiro atoms. The Balaban J connectivity index is 1.94. The second-order valence-corrected chi connectivity index (χ2v) is 8.96. The van der Waals surface area contributed by atoms with Crippen molar-refractivity contribution in [1.82, 2.24) is 4.31 Å². The summed E-state index contributed by atoms with van der Waals surface area (Å²) in [7, 11) is -3.66. The van der Waals surface area contributed by atoms with Crippen LogP contribution in [0.1, 0.15) is 23.2 Å². The second kappa shape index (κ2) is 7.74. The molecule has 0 radical (unpaired) electrons. The monoisotopic (exact) mass is 432 g/mol. The highest BCUT2D eigenvalue weighted by atomic mass is 35.5. The molecular formula is C17H15Cl3N2O3S. The third-order valence-corrected chi connectivity index (χ3v) is 6.94. The molecule has 0 aromatic heterocycles. The van der Waals surface area contributed by atoms with Crippen LogP contribution in [0.3, 0.4) is 0 Å². The lowest BCUT2D eigenvalue weighted by molar-refractivity contribution is 0.102. The first-order chi connectivity index (χ1) is 12.3. The number of para-hydroxylation sites is 1. The molecule has 0 saturated carbocycles. The van der Waals surface area contributed by atoms with Gasteiger partial charge in [-0.25, -0.2) is 8.42 Å². The Morgan fingerprint density at radius 2 is 1.58 bits per heavy atom. The number of amides is 1. The number of anilines is 1. The third-order valence-electron chi connectivity index (χ3n) is 4.09. The maximum Gasteiger partial charge on any atom is 0.257 e. The van der Waals surface area contributed by atoms with E-state index in [1.54, 1.807) is 18.2 Å². The van der Waals surface area contributed by atoms with Crippen LogP contribution in [0.5, 0.6) is 0 Å². The zero-order chi connectivity index (χ0) is 18.9. The van der Waals surface area contributed by atoms with Crippen molar-refractivity contribution in [3.63, 3.8) is 0 Å². The number of hydrogen-bond donors (Lipinski definition) is 1. The molecule has 1 fully saturated rings. The van der Waals surface area contributed by atoms with E-state index in [2.05, 4.69) is 5.32 Å². The van der Waals surface area contributed by atoms with Gasteiger partial charge in [0.25, 0.3) is 5.91 Å². The van der Waals surface area contributed by atoms with Crippen LogP contribution in [0, 0.1) is 0 Å². The van der Waals surface area contributed by atoms with Crippen molar-refractivity contribution in [2.24, 2.45) is 0 Å². The summed E-state index contributed by atoms with van der Waals surface area (Å²) in [5, 5.41) is 3.25. The highest BCUT2D eigenvalue weighted by Gasteiger charge is 2.28. The van der Waals surface area contributed by atoms with Crippen molar-refractivity contribution in [1.29, 1.82) is 0 Å². The number of nitrogens with one attached hydrogen (secondary N) is 1. The third kappa shape index (κ3) is 3.85. The Morgan fingerprint density at radius 1 is 0.962 bits per heavy atom. The van der Waals surface area contributed by atoms with E-state index in [0.717, 1.165) is 12.8 Å². The van der Waals surface area contributed by atoms with Gasteiger partial charge in [-0.15, -0.1) is 0 Å². The predicted molar refractivity (Wildman–Crippen MR) is 104 cm³/mol. The number of halogens is 3. The summed E-state index contributed by atoms with van der Waals surface area (Å²) in [6.45, 7) is 0.948. The van der Waals surface area contributed by atoms with Crippen LogP contribution in [-0.2, 0) is 10.0 Å². The molecule has 138 valence electrons. The summed E-state index contributed by atoms with van der Waals surface area (Å²) in [5.41, 5.74) is 0.271. The number of carbonyl (C=O) groups excluding carboxylic acids is 1. The predicted octanol–water partition coefficient (Wildman–Crippen LogP) is 4.68. The van der Waals surface area contributed by atoms with Crippen LogP contribution in [0.4, 0.5) is 5.69 Å². The van der Waals surface area contributed by atoms with Gasteiger partial charge in [0.15, 0.2) is 0 Å². The number of benzene rings is 2. The quantitative estimate of drug-likeness (QED) is 0.761. The van der Waals surface area contributed by atoms with Crippen molar-refractivity contribution >= 4 is 56.4 Å². The fourth-order valence-corrected chi connectivity index (χ4v) is 4.95. The summed E-state index contributed by atoms with van der Waals surface area (Å²) in [4.78, 5) is 12.6. The number of carbonyl (C=O) groups is 1. The molecule has 1 heterocycles. The molecule has 0 unspecified atom stereocenters. The topological polar surface area (TPSA) is 66.5 Å². The Morgan fingerprint density at radius 3 is 2.19 bits per heavy atom. The first-order valence-electron chi connectivity index (χ1n) is 7.86. The summed E-state index contributed by atoms with van der Waals surface area (Å²) in [6, 6.07) is 8.88. The van der Waals surface area contributed by atoms with Crippen LogP contribution >= 0.6 is 34.8 Å². The average Bonchev–Trinajstić information content (AvgIpc) is 3.14. The van der Waals surface area contributed by atoms with Gasteiger partial charge in [0.05, 0.1) is 31.2 Å².